The van der Waals surface area contributed by atoms with Crippen molar-refractivity contribution in [2.75, 3.05) is 6.54 Å². The SMILES string of the molecule is CCc1noc(-c2ccc(CCNCc3ccc(C(=O)O)cc3)cc2)n1. The van der Waals surface area contributed by atoms with E-state index in [9.17, 15) is 4.79 Å². The number of benzene rings is 2. The molecule has 6 heteroatoms. The molecule has 2 N–H and O–H groups in total. The Labute approximate surface area is 151 Å². The highest BCUT2D eigenvalue weighted by Gasteiger charge is 2.07. The van der Waals surface area contributed by atoms with Crippen molar-refractivity contribution in [3.63, 3.8) is 0 Å². The van der Waals surface area contributed by atoms with Crippen LogP contribution in [-0.2, 0) is 19.4 Å². The summed E-state index contributed by atoms with van der Waals surface area (Å²) in [7, 11) is 0. The molecule has 0 unspecified atom stereocenters. The summed E-state index contributed by atoms with van der Waals surface area (Å²) in [6.07, 6.45) is 1.66. The molecule has 0 aliphatic rings. The van der Waals surface area contributed by atoms with E-state index in [-0.39, 0.29) is 0 Å². The topological polar surface area (TPSA) is 88.2 Å². The largest absolute Gasteiger partial charge is 0.478 e. The van der Waals surface area contributed by atoms with Gasteiger partial charge in [-0.05, 0) is 48.4 Å². The summed E-state index contributed by atoms with van der Waals surface area (Å²) >= 11 is 0. The minimum atomic E-state index is -0.903. The Morgan fingerprint density at radius 2 is 1.77 bits per heavy atom. The molecule has 26 heavy (non-hydrogen) atoms. The normalized spacial score (nSPS) is 10.8. The standard InChI is InChI=1S/C20H21N3O3/c1-2-18-22-19(26-23-18)16-7-3-14(4-8-16)11-12-21-13-15-5-9-17(10-6-15)20(24)25/h3-10,21H,2,11-13H2,1H3,(H,24,25). The number of nitrogens with one attached hydrogen (secondary N) is 1. The van der Waals surface area contributed by atoms with E-state index in [2.05, 4.69) is 27.6 Å². The molecule has 3 rings (SSSR count). The Kier molecular flexibility index (Phi) is 5.76. The van der Waals surface area contributed by atoms with Gasteiger partial charge in [0.15, 0.2) is 5.82 Å². The quantitative estimate of drug-likeness (QED) is 0.605. The molecule has 1 aromatic heterocycles. The van der Waals surface area contributed by atoms with E-state index in [0.717, 1.165) is 30.5 Å². The minimum absolute atomic E-state index is 0.307. The van der Waals surface area contributed by atoms with Crippen molar-refractivity contribution < 1.29 is 14.4 Å². The second kappa shape index (κ2) is 8.40. The van der Waals surface area contributed by atoms with Gasteiger partial charge in [-0.1, -0.05) is 36.3 Å². The van der Waals surface area contributed by atoms with Crippen LogP contribution in [0.15, 0.2) is 53.1 Å². The highest BCUT2D eigenvalue weighted by atomic mass is 16.5. The van der Waals surface area contributed by atoms with Crippen LogP contribution in [-0.4, -0.2) is 27.8 Å². The Bertz CT molecular complexity index is 855. The number of aromatic nitrogens is 2. The summed E-state index contributed by atoms with van der Waals surface area (Å²) in [6, 6.07) is 15.0. The van der Waals surface area contributed by atoms with Gasteiger partial charge in [-0.15, -0.1) is 0 Å². The van der Waals surface area contributed by atoms with E-state index in [0.29, 0.717) is 23.8 Å². The van der Waals surface area contributed by atoms with Crippen molar-refractivity contribution in [2.24, 2.45) is 0 Å². The van der Waals surface area contributed by atoms with Crippen LogP contribution < -0.4 is 5.32 Å². The highest BCUT2D eigenvalue weighted by Crippen LogP contribution is 2.18. The number of aromatic carboxylic acids is 1. The Hall–Kier alpha value is -2.99. The molecule has 2 aromatic carbocycles. The molecule has 0 fully saturated rings. The maximum atomic E-state index is 10.8. The van der Waals surface area contributed by atoms with Gasteiger partial charge in [0.25, 0.3) is 5.89 Å². The first kappa shape index (κ1) is 17.8. The number of nitrogens with zero attached hydrogens (tertiary/aromatic N) is 2. The summed E-state index contributed by atoms with van der Waals surface area (Å²) in [6.45, 7) is 3.53. The van der Waals surface area contributed by atoms with E-state index < -0.39 is 5.97 Å². The molecule has 0 aliphatic heterocycles. The van der Waals surface area contributed by atoms with Gasteiger partial charge in [-0.3, -0.25) is 0 Å². The highest BCUT2D eigenvalue weighted by molar-refractivity contribution is 5.87. The van der Waals surface area contributed by atoms with Crippen LogP contribution in [0.25, 0.3) is 11.5 Å². The molecule has 0 atom stereocenters. The average molecular weight is 351 g/mol. The Morgan fingerprint density at radius 3 is 2.38 bits per heavy atom. The zero-order valence-electron chi connectivity index (χ0n) is 14.6. The van der Waals surface area contributed by atoms with Crippen LogP contribution in [0.5, 0.6) is 0 Å². The van der Waals surface area contributed by atoms with Crippen molar-refractivity contribution in [1.29, 1.82) is 0 Å². The first-order valence-corrected chi connectivity index (χ1v) is 8.60. The maximum absolute atomic E-state index is 10.8. The second-order valence-corrected chi connectivity index (χ2v) is 6.00. The lowest BCUT2D eigenvalue weighted by Crippen LogP contribution is -2.16. The van der Waals surface area contributed by atoms with Crippen molar-refractivity contribution in [3.05, 3.63) is 71.0 Å². The van der Waals surface area contributed by atoms with E-state index in [1.807, 2.05) is 31.2 Å². The number of carboxylic acid groups (broad SMARTS) is 1. The van der Waals surface area contributed by atoms with Crippen LogP contribution >= 0.6 is 0 Å². The lowest BCUT2D eigenvalue weighted by molar-refractivity contribution is 0.0697. The van der Waals surface area contributed by atoms with Crippen molar-refractivity contribution in [2.45, 2.75) is 26.3 Å². The number of hydrogen-bond donors (Lipinski definition) is 2. The van der Waals surface area contributed by atoms with E-state index in [1.54, 1.807) is 12.1 Å². The molecule has 0 saturated heterocycles. The third-order valence-corrected chi connectivity index (χ3v) is 4.11. The minimum Gasteiger partial charge on any atom is -0.478 e. The Balaban J connectivity index is 1.46. The summed E-state index contributed by atoms with van der Waals surface area (Å²) in [5.74, 6) is 0.361. The fraction of sp³-hybridized carbons (Fsp3) is 0.250. The van der Waals surface area contributed by atoms with Gasteiger partial charge in [0.2, 0.25) is 0 Å². The first-order chi connectivity index (χ1) is 12.7. The predicted octanol–water partition coefficient (Wildman–Crippen LogP) is 3.33. The number of rotatable bonds is 8. The van der Waals surface area contributed by atoms with E-state index in [4.69, 9.17) is 9.63 Å². The third kappa shape index (κ3) is 4.55. The lowest BCUT2D eigenvalue weighted by atomic mass is 10.1. The van der Waals surface area contributed by atoms with Gasteiger partial charge in [0, 0.05) is 18.5 Å². The number of hydrogen-bond acceptors (Lipinski definition) is 5. The van der Waals surface area contributed by atoms with Gasteiger partial charge in [-0.25, -0.2) is 4.79 Å². The smallest absolute Gasteiger partial charge is 0.335 e. The van der Waals surface area contributed by atoms with Crippen LogP contribution in [0.4, 0.5) is 0 Å². The average Bonchev–Trinajstić information content (AvgIpc) is 3.15. The number of carbonyl (C=O) groups is 1. The predicted molar refractivity (Wildman–Crippen MR) is 97.9 cm³/mol. The molecule has 0 saturated carbocycles. The van der Waals surface area contributed by atoms with Crippen LogP contribution in [0.2, 0.25) is 0 Å². The number of aryl methyl sites for hydroxylation is 1. The summed E-state index contributed by atoms with van der Waals surface area (Å²) < 4.78 is 5.24. The first-order valence-electron chi connectivity index (χ1n) is 8.60. The molecule has 0 bridgehead atoms. The monoisotopic (exact) mass is 351 g/mol. The second-order valence-electron chi connectivity index (χ2n) is 6.00. The number of carboxylic acids is 1. The van der Waals surface area contributed by atoms with E-state index in [1.165, 1.54) is 5.56 Å². The molecule has 0 spiro atoms. The molecule has 134 valence electrons. The van der Waals surface area contributed by atoms with Crippen LogP contribution in [0.3, 0.4) is 0 Å². The van der Waals surface area contributed by atoms with Crippen molar-refractivity contribution >= 4 is 5.97 Å². The van der Waals surface area contributed by atoms with Crippen LogP contribution in [0, 0.1) is 0 Å². The fourth-order valence-corrected chi connectivity index (χ4v) is 2.56. The van der Waals surface area contributed by atoms with Gasteiger partial charge in [0.1, 0.15) is 0 Å². The van der Waals surface area contributed by atoms with Gasteiger partial charge < -0.3 is 14.9 Å². The zero-order valence-corrected chi connectivity index (χ0v) is 14.6. The van der Waals surface area contributed by atoms with Gasteiger partial charge >= 0.3 is 5.97 Å². The van der Waals surface area contributed by atoms with Gasteiger partial charge in [0.05, 0.1) is 5.56 Å². The molecule has 3 aromatic rings. The summed E-state index contributed by atoms with van der Waals surface area (Å²) in [5.41, 5.74) is 3.51. The molecule has 0 amide bonds. The molecular weight excluding hydrogens is 330 g/mol. The third-order valence-electron chi connectivity index (χ3n) is 4.11. The van der Waals surface area contributed by atoms with E-state index >= 15 is 0 Å². The molecule has 0 radical (unpaired) electrons. The maximum Gasteiger partial charge on any atom is 0.335 e. The molecular formula is C20H21N3O3. The summed E-state index contributed by atoms with van der Waals surface area (Å²) in [5, 5.41) is 16.2. The molecule has 1 heterocycles. The van der Waals surface area contributed by atoms with Crippen LogP contribution in [0.1, 0.15) is 34.2 Å². The van der Waals surface area contributed by atoms with Gasteiger partial charge in [-0.2, -0.15) is 4.98 Å². The Morgan fingerprint density at radius 1 is 1.08 bits per heavy atom. The summed E-state index contributed by atoms with van der Waals surface area (Å²) in [4.78, 5) is 15.2. The van der Waals surface area contributed by atoms with Crippen molar-refractivity contribution in [3.8, 4) is 11.5 Å². The fourth-order valence-electron chi connectivity index (χ4n) is 2.56. The van der Waals surface area contributed by atoms with Crippen molar-refractivity contribution in [1.82, 2.24) is 15.5 Å². The lowest BCUT2D eigenvalue weighted by Gasteiger charge is -2.06. The zero-order chi connectivity index (χ0) is 18.4. The molecule has 6 nitrogen and oxygen atoms in total. The molecule has 0 aliphatic carbocycles.